The molecule has 2 heterocycles. The van der Waals surface area contributed by atoms with E-state index in [4.69, 9.17) is 0 Å². The Morgan fingerprint density at radius 3 is 2.32 bits per heavy atom. The molecular formula is C24H38N4O2S. The maximum absolute atomic E-state index is 12.6. The van der Waals surface area contributed by atoms with Crippen molar-refractivity contribution in [3.05, 3.63) is 29.8 Å². The van der Waals surface area contributed by atoms with Crippen molar-refractivity contribution in [2.24, 2.45) is 5.92 Å². The van der Waals surface area contributed by atoms with E-state index in [2.05, 4.69) is 53.2 Å². The number of nitrogens with zero attached hydrogens (tertiary/aromatic N) is 3. The second kappa shape index (κ2) is 12.5. The summed E-state index contributed by atoms with van der Waals surface area (Å²) in [5.41, 5.74) is 1.26. The van der Waals surface area contributed by atoms with E-state index in [1.807, 2.05) is 4.90 Å². The largest absolute Gasteiger partial charge is 0.354 e. The van der Waals surface area contributed by atoms with Crippen LogP contribution in [-0.4, -0.2) is 91.2 Å². The third-order valence-electron chi connectivity index (χ3n) is 6.42. The van der Waals surface area contributed by atoms with Crippen LogP contribution in [-0.2, 0) is 9.59 Å². The van der Waals surface area contributed by atoms with Gasteiger partial charge >= 0.3 is 0 Å². The minimum atomic E-state index is 0.104. The van der Waals surface area contributed by atoms with Gasteiger partial charge in [-0.2, -0.15) is 0 Å². The van der Waals surface area contributed by atoms with E-state index in [0.29, 0.717) is 31.3 Å². The molecule has 2 amide bonds. The Morgan fingerprint density at radius 1 is 1.00 bits per heavy atom. The molecule has 2 fully saturated rings. The highest BCUT2D eigenvalue weighted by Gasteiger charge is 2.26. The number of thioether (sulfide) groups is 1. The first-order chi connectivity index (χ1) is 15.0. The Morgan fingerprint density at radius 2 is 1.68 bits per heavy atom. The average molecular weight is 447 g/mol. The molecule has 0 saturated carbocycles. The number of carbonyl (C=O) groups excluding carboxylic acids is 2. The number of hydrogen-bond donors (Lipinski definition) is 1. The molecule has 6 nitrogen and oxygen atoms in total. The molecule has 0 spiro atoms. The lowest BCUT2D eigenvalue weighted by molar-refractivity contribution is -0.134. The Bertz CT molecular complexity index is 696. The van der Waals surface area contributed by atoms with E-state index in [1.165, 1.54) is 10.5 Å². The standard InChI is InChI=1S/C24H38N4O2S/c1-3-26-13-15-28(16-14-26)24(30)18-21-8-11-27(12-9-21)19-23(29)25-10-17-31-22-6-4-20(2)5-7-22/h4-7,21H,3,8-19H2,1-2H3,(H,25,29). The van der Waals surface area contributed by atoms with Gasteiger partial charge in [0.05, 0.1) is 6.54 Å². The number of hydrogen-bond acceptors (Lipinski definition) is 5. The van der Waals surface area contributed by atoms with Gasteiger partial charge in [-0.25, -0.2) is 0 Å². The van der Waals surface area contributed by atoms with Gasteiger partial charge in [-0.15, -0.1) is 11.8 Å². The molecule has 1 aromatic rings. The van der Waals surface area contributed by atoms with E-state index in [1.54, 1.807) is 11.8 Å². The topological polar surface area (TPSA) is 55.9 Å². The van der Waals surface area contributed by atoms with Gasteiger partial charge in [0.1, 0.15) is 0 Å². The maximum Gasteiger partial charge on any atom is 0.234 e. The van der Waals surface area contributed by atoms with Crippen molar-refractivity contribution in [3.63, 3.8) is 0 Å². The monoisotopic (exact) mass is 446 g/mol. The summed E-state index contributed by atoms with van der Waals surface area (Å²) < 4.78 is 0. The van der Waals surface area contributed by atoms with Crippen LogP contribution in [0.1, 0.15) is 31.7 Å². The smallest absolute Gasteiger partial charge is 0.234 e. The van der Waals surface area contributed by atoms with Crippen LogP contribution in [0.3, 0.4) is 0 Å². The number of rotatable bonds is 9. The van der Waals surface area contributed by atoms with Crippen LogP contribution in [0.4, 0.5) is 0 Å². The van der Waals surface area contributed by atoms with E-state index in [-0.39, 0.29) is 5.91 Å². The molecular weight excluding hydrogens is 408 g/mol. The summed E-state index contributed by atoms with van der Waals surface area (Å²) >= 11 is 1.77. The number of amides is 2. The summed E-state index contributed by atoms with van der Waals surface area (Å²) in [5, 5.41) is 3.04. The van der Waals surface area contributed by atoms with Crippen molar-refractivity contribution < 1.29 is 9.59 Å². The normalized spacial score (nSPS) is 18.8. The van der Waals surface area contributed by atoms with E-state index in [9.17, 15) is 9.59 Å². The Kier molecular flexibility index (Phi) is 9.68. The zero-order chi connectivity index (χ0) is 22.1. The first-order valence-corrected chi connectivity index (χ1v) is 12.7. The lowest BCUT2D eigenvalue weighted by Crippen LogP contribution is -2.49. The second-order valence-corrected chi connectivity index (χ2v) is 9.92. The summed E-state index contributed by atoms with van der Waals surface area (Å²) in [4.78, 5) is 32.8. The molecule has 1 aromatic carbocycles. The molecule has 0 radical (unpaired) electrons. The zero-order valence-electron chi connectivity index (χ0n) is 19.1. The van der Waals surface area contributed by atoms with Crippen LogP contribution in [0.2, 0.25) is 0 Å². The Balaban J connectivity index is 1.26. The van der Waals surface area contributed by atoms with E-state index in [0.717, 1.165) is 64.4 Å². The van der Waals surface area contributed by atoms with Crippen LogP contribution < -0.4 is 5.32 Å². The Labute approximate surface area is 191 Å². The van der Waals surface area contributed by atoms with Crippen LogP contribution >= 0.6 is 11.8 Å². The first kappa shape index (κ1) is 24.1. The summed E-state index contributed by atoms with van der Waals surface area (Å²) in [6.07, 6.45) is 2.69. The second-order valence-electron chi connectivity index (χ2n) is 8.75. The highest BCUT2D eigenvalue weighted by molar-refractivity contribution is 7.99. The zero-order valence-corrected chi connectivity index (χ0v) is 20.0. The fourth-order valence-electron chi connectivity index (χ4n) is 4.29. The third kappa shape index (κ3) is 8.13. The molecule has 0 aromatic heterocycles. The number of carbonyl (C=O) groups is 2. The average Bonchev–Trinajstić information content (AvgIpc) is 2.79. The predicted octanol–water partition coefficient (Wildman–Crippen LogP) is 2.47. The lowest BCUT2D eigenvalue weighted by Gasteiger charge is -2.36. The minimum Gasteiger partial charge on any atom is -0.354 e. The fourth-order valence-corrected chi connectivity index (χ4v) is 5.06. The molecule has 2 saturated heterocycles. The van der Waals surface area contributed by atoms with Crippen molar-refractivity contribution in [1.29, 1.82) is 0 Å². The van der Waals surface area contributed by atoms with Crippen LogP contribution in [0, 0.1) is 12.8 Å². The molecule has 7 heteroatoms. The number of benzene rings is 1. The molecule has 0 atom stereocenters. The van der Waals surface area contributed by atoms with Crippen molar-refractivity contribution in [1.82, 2.24) is 20.0 Å². The van der Waals surface area contributed by atoms with Gasteiger partial charge in [-0.05, 0) is 57.5 Å². The van der Waals surface area contributed by atoms with Gasteiger partial charge in [0.15, 0.2) is 0 Å². The number of piperazine rings is 1. The number of aryl methyl sites for hydroxylation is 1. The van der Waals surface area contributed by atoms with Gasteiger partial charge < -0.3 is 15.1 Å². The van der Waals surface area contributed by atoms with Crippen molar-refractivity contribution in [2.75, 3.05) is 64.7 Å². The van der Waals surface area contributed by atoms with Crippen molar-refractivity contribution >= 4 is 23.6 Å². The molecule has 2 aliphatic heterocycles. The molecule has 31 heavy (non-hydrogen) atoms. The number of likely N-dealkylation sites (tertiary alicyclic amines) is 1. The van der Waals surface area contributed by atoms with Crippen LogP contribution in [0.5, 0.6) is 0 Å². The summed E-state index contributed by atoms with van der Waals surface area (Å²) in [5.74, 6) is 1.76. The maximum atomic E-state index is 12.6. The van der Waals surface area contributed by atoms with Gasteiger partial charge in [-0.1, -0.05) is 24.6 Å². The molecule has 1 N–H and O–H groups in total. The van der Waals surface area contributed by atoms with E-state index < -0.39 is 0 Å². The number of nitrogens with one attached hydrogen (secondary N) is 1. The van der Waals surface area contributed by atoms with E-state index >= 15 is 0 Å². The molecule has 0 aliphatic carbocycles. The molecule has 2 aliphatic rings. The third-order valence-corrected chi connectivity index (χ3v) is 7.44. The highest BCUT2D eigenvalue weighted by atomic mass is 32.2. The fraction of sp³-hybridized carbons (Fsp3) is 0.667. The lowest BCUT2D eigenvalue weighted by atomic mass is 9.93. The minimum absolute atomic E-state index is 0.104. The summed E-state index contributed by atoms with van der Waals surface area (Å²) in [7, 11) is 0. The SMILES string of the molecule is CCN1CCN(C(=O)CC2CCN(CC(=O)NCCSc3ccc(C)cc3)CC2)CC1. The summed E-state index contributed by atoms with van der Waals surface area (Å²) in [6.45, 7) is 12.0. The molecule has 0 bridgehead atoms. The van der Waals surface area contributed by atoms with Gasteiger partial charge in [0, 0.05) is 49.8 Å². The molecule has 3 rings (SSSR count). The van der Waals surface area contributed by atoms with Gasteiger partial charge in [-0.3, -0.25) is 14.5 Å². The van der Waals surface area contributed by atoms with Crippen molar-refractivity contribution in [2.45, 2.75) is 38.0 Å². The van der Waals surface area contributed by atoms with Crippen LogP contribution in [0.25, 0.3) is 0 Å². The number of likely N-dealkylation sites (N-methyl/N-ethyl adjacent to an activating group) is 1. The van der Waals surface area contributed by atoms with Crippen molar-refractivity contribution in [3.8, 4) is 0 Å². The first-order valence-electron chi connectivity index (χ1n) is 11.7. The Hall–Kier alpha value is -1.57. The predicted molar refractivity (Wildman–Crippen MR) is 127 cm³/mol. The molecule has 0 unspecified atom stereocenters. The molecule has 172 valence electrons. The highest BCUT2D eigenvalue weighted by Crippen LogP contribution is 2.22. The summed E-state index contributed by atoms with van der Waals surface area (Å²) in [6, 6.07) is 8.48. The van der Waals surface area contributed by atoms with Gasteiger partial charge in [0.2, 0.25) is 11.8 Å². The van der Waals surface area contributed by atoms with Crippen LogP contribution in [0.15, 0.2) is 29.2 Å². The number of piperidine rings is 1. The van der Waals surface area contributed by atoms with Gasteiger partial charge in [0.25, 0.3) is 0 Å². The quantitative estimate of drug-likeness (QED) is 0.467.